The van der Waals surface area contributed by atoms with Crippen molar-refractivity contribution in [3.05, 3.63) is 0 Å². The minimum absolute atomic E-state index is 0.0286. The molecule has 1 rings (SSSR count). The van der Waals surface area contributed by atoms with E-state index in [1.807, 2.05) is 0 Å². The zero-order valence-corrected chi connectivity index (χ0v) is 9.48. The molecular formula is C10H19N3O3. The topological polar surface area (TPSA) is 96.9 Å². The minimum atomic E-state index is -0.159. The van der Waals surface area contributed by atoms with Crippen molar-refractivity contribution in [2.24, 2.45) is 22.7 Å². The molecular weight excluding hydrogens is 210 g/mol. The van der Waals surface area contributed by atoms with Crippen molar-refractivity contribution in [1.29, 1.82) is 0 Å². The molecule has 1 saturated heterocycles. The van der Waals surface area contributed by atoms with Crippen molar-refractivity contribution < 1.29 is 14.7 Å². The molecule has 0 bridgehead atoms. The number of hydrogen-bond donors (Lipinski definition) is 3. The van der Waals surface area contributed by atoms with Gasteiger partial charge >= 0.3 is 0 Å². The average Bonchev–Trinajstić information content (AvgIpc) is 2.35. The molecule has 0 saturated carbocycles. The summed E-state index contributed by atoms with van der Waals surface area (Å²) in [4.78, 5) is 11.7. The molecule has 1 atom stereocenters. The third-order valence-corrected chi connectivity index (χ3v) is 2.79. The summed E-state index contributed by atoms with van der Waals surface area (Å²) < 4.78 is 5.18. The van der Waals surface area contributed by atoms with E-state index in [1.54, 1.807) is 6.92 Å². The maximum atomic E-state index is 11.7. The normalized spacial score (nSPS) is 20.4. The van der Waals surface area contributed by atoms with Crippen LogP contribution in [0.25, 0.3) is 0 Å². The van der Waals surface area contributed by atoms with Crippen LogP contribution in [-0.2, 0) is 9.53 Å². The van der Waals surface area contributed by atoms with Gasteiger partial charge in [-0.3, -0.25) is 4.79 Å². The van der Waals surface area contributed by atoms with Crippen LogP contribution in [0.3, 0.4) is 0 Å². The van der Waals surface area contributed by atoms with E-state index in [0.29, 0.717) is 19.8 Å². The van der Waals surface area contributed by atoms with Gasteiger partial charge in [-0.25, -0.2) is 0 Å². The fourth-order valence-corrected chi connectivity index (χ4v) is 1.56. The van der Waals surface area contributed by atoms with E-state index in [9.17, 15) is 4.79 Å². The van der Waals surface area contributed by atoms with E-state index in [-0.39, 0.29) is 23.6 Å². The lowest BCUT2D eigenvalue weighted by Gasteiger charge is -2.22. The van der Waals surface area contributed by atoms with Crippen LogP contribution in [0.2, 0.25) is 0 Å². The van der Waals surface area contributed by atoms with E-state index in [0.717, 1.165) is 12.8 Å². The summed E-state index contributed by atoms with van der Waals surface area (Å²) in [6.45, 7) is 3.48. The first kappa shape index (κ1) is 12.8. The number of hydrogen-bond acceptors (Lipinski definition) is 4. The number of amidine groups is 1. The summed E-state index contributed by atoms with van der Waals surface area (Å²) >= 11 is 0. The van der Waals surface area contributed by atoms with Gasteiger partial charge in [-0.15, -0.1) is 0 Å². The SMILES string of the molecule is CC(CNC(=O)C1CCOCC1)C(N)=NO. The van der Waals surface area contributed by atoms with Crippen LogP contribution < -0.4 is 11.1 Å². The molecule has 1 fully saturated rings. The zero-order valence-electron chi connectivity index (χ0n) is 9.48. The van der Waals surface area contributed by atoms with Gasteiger partial charge in [0.15, 0.2) is 0 Å². The largest absolute Gasteiger partial charge is 0.409 e. The number of oxime groups is 1. The molecule has 0 aromatic rings. The Bertz CT molecular complexity index is 262. The van der Waals surface area contributed by atoms with Gasteiger partial charge in [0.05, 0.1) is 0 Å². The first-order valence-corrected chi connectivity index (χ1v) is 5.48. The highest BCUT2D eigenvalue weighted by Gasteiger charge is 2.21. The second-order valence-electron chi connectivity index (χ2n) is 4.06. The molecule has 6 nitrogen and oxygen atoms in total. The molecule has 0 spiro atoms. The van der Waals surface area contributed by atoms with Gasteiger partial charge in [0.1, 0.15) is 5.84 Å². The molecule has 92 valence electrons. The fourth-order valence-electron chi connectivity index (χ4n) is 1.56. The van der Waals surface area contributed by atoms with Crippen LogP contribution in [-0.4, -0.2) is 36.7 Å². The number of carbonyl (C=O) groups is 1. The minimum Gasteiger partial charge on any atom is -0.409 e. The molecule has 6 heteroatoms. The summed E-state index contributed by atoms with van der Waals surface area (Å²) in [7, 11) is 0. The maximum Gasteiger partial charge on any atom is 0.223 e. The Balaban J connectivity index is 2.28. The van der Waals surface area contributed by atoms with Gasteiger partial charge in [0.2, 0.25) is 5.91 Å². The number of ether oxygens (including phenoxy) is 1. The van der Waals surface area contributed by atoms with Gasteiger partial charge < -0.3 is 21.0 Å². The second kappa shape index (κ2) is 6.32. The fraction of sp³-hybridized carbons (Fsp3) is 0.800. The van der Waals surface area contributed by atoms with Crippen molar-refractivity contribution in [2.45, 2.75) is 19.8 Å². The van der Waals surface area contributed by atoms with E-state index < -0.39 is 0 Å². The van der Waals surface area contributed by atoms with E-state index >= 15 is 0 Å². The summed E-state index contributed by atoms with van der Waals surface area (Å²) in [5.74, 6) is 0.0372. The van der Waals surface area contributed by atoms with Crippen molar-refractivity contribution in [1.82, 2.24) is 5.32 Å². The Morgan fingerprint density at radius 3 is 2.81 bits per heavy atom. The monoisotopic (exact) mass is 229 g/mol. The summed E-state index contributed by atoms with van der Waals surface area (Å²) in [6.07, 6.45) is 1.54. The van der Waals surface area contributed by atoms with Gasteiger partial charge in [-0.2, -0.15) is 0 Å². The highest BCUT2D eigenvalue weighted by Crippen LogP contribution is 2.14. The quantitative estimate of drug-likeness (QED) is 0.272. The van der Waals surface area contributed by atoms with E-state index in [1.165, 1.54) is 0 Å². The molecule has 16 heavy (non-hydrogen) atoms. The summed E-state index contributed by atoms with van der Waals surface area (Å²) in [5, 5.41) is 14.2. The summed E-state index contributed by atoms with van der Waals surface area (Å²) in [5.41, 5.74) is 5.41. The number of nitrogens with two attached hydrogens (primary N) is 1. The lowest BCUT2D eigenvalue weighted by atomic mass is 9.99. The van der Waals surface area contributed by atoms with Gasteiger partial charge in [-0.1, -0.05) is 12.1 Å². The molecule has 1 amide bonds. The molecule has 1 unspecified atom stereocenters. The molecule has 0 aromatic heterocycles. The van der Waals surface area contributed by atoms with Crippen LogP contribution >= 0.6 is 0 Å². The van der Waals surface area contributed by atoms with E-state index in [2.05, 4.69) is 10.5 Å². The Labute approximate surface area is 94.8 Å². The van der Waals surface area contributed by atoms with Crippen molar-refractivity contribution in [3.8, 4) is 0 Å². The first-order chi connectivity index (χ1) is 7.65. The highest BCUT2D eigenvalue weighted by molar-refractivity contribution is 5.83. The third kappa shape index (κ3) is 3.69. The smallest absolute Gasteiger partial charge is 0.223 e. The molecule has 4 N–H and O–H groups in total. The van der Waals surface area contributed by atoms with Crippen LogP contribution in [0.15, 0.2) is 5.16 Å². The van der Waals surface area contributed by atoms with Crippen LogP contribution in [0.4, 0.5) is 0 Å². The third-order valence-electron chi connectivity index (χ3n) is 2.79. The average molecular weight is 229 g/mol. The summed E-state index contributed by atoms with van der Waals surface area (Å²) in [6, 6.07) is 0. The lowest BCUT2D eigenvalue weighted by molar-refractivity contribution is -0.127. The second-order valence-corrected chi connectivity index (χ2v) is 4.06. The molecule has 1 heterocycles. The predicted molar refractivity (Wildman–Crippen MR) is 59.1 cm³/mol. The zero-order chi connectivity index (χ0) is 12.0. The number of rotatable bonds is 4. The van der Waals surface area contributed by atoms with Crippen LogP contribution in [0.5, 0.6) is 0 Å². The van der Waals surface area contributed by atoms with Gasteiger partial charge in [-0.05, 0) is 12.8 Å². The van der Waals surface area contributed by atoms with Gasteiger partial charge in [0, 0.05) is 31.6 Å². The number of carbonyl (C=O) groups excluding carboxylic acids is 1. The standard InChI is InChI=1S/C10H19N3O3/c1-7(9(11)13-15)6-12-10(14)8-2-4-16-5-3-8/h7-8,15H,2-6H2,1H3,(H2,11,13)(H,12,14). The number of amides is 1. The van der Waals surface area contributed by atoms with Gasteiger partial charge in [0.25, 0.3) is 0 Å². The maximum absolute atomic E-state index is 11.7. The molecule has 0 aliphatic carbocycles. The Morgan fingerprint density at radius 1 is 1.62 bits per heavy atom. The van der Waals surface area contributed by atoms with Crippen molar-refractivity contribution >= 4 is 11.7 Å². The van der Waals surface area contributed by atoms with E-state index in [4.69, 9.17) is 15.7 Å². The molecule has 1 aliphatic heterocycles. The number of nitrogens with zero attached hydrogens (tertiary/aromatic N) is 1. The predicted octanol–water partition coefficient (Wildman–Crippen LogP) is -0.0883. The first-order valence-electron chi connectivity index (χ1n) is 5.48. The molecule has 0 aromatic carbocycles. The Kier molecular flexibility index (Phi) is 5.04. The van der Waals surface area contributed by atoms with Crippen molar-refractivity contribution in [3.63, 3.8) is 0 Å². The van der Waals surface area contributed by atoms with Crippen LogP contribution in [0.1, 0.15) is 19.8 Å². The Hall–Kier alpha value is -1.30. The molecule has 1 aliphatic rings. The van der Waals surface area contributed by atoms with Crippen LogP contribution in [0, 0.1) is 11.8 Å². The number of nitrogens with one attached hydrogen (secondary N) is 1. The van der Waals surface area contributed by atoms with Crippen molar-refractivity contribution in [2.75, 3.05) is 19.8 Å². The Morgan fingerprint density at radius 2 is 2.25 bits per heavy atom. The highest BCUT2D eigenvalue weighted by atomic mass is 16.5. The molecule has 0 radical (unpaired) electrons. The lowest BCUT2D eigenvalue weighted by Crippen LogP contribution is -2.39.